The Kier molecular flexibility index (Phi) is 3.58. The number of aryl methyl sites for hydroxylation is 1. The molecule has 78 valence electrons. The molecular formula is C11H18N2O. The quantitative estimate of drug-likeness (QED) is 0.796. The zero-order chi connectivity index (χ0) is 10.6. The molecule has 0 radical (unpaired) electrons. The average Bonchev–Trinajstić information content (AvgIpc) is 2.18. The van der Waals surface area contributed by atoms with Crippen molar-refractivity contribution in [2.24, 2.45) is 0 Å². The summed E-state index contributed by atoms with van der Waals surface area (Å²) in [6.45, 7) is 5.90. The summed E-state index contributed by atoms with van der Waals surface area (Å²) in [7, 11) is 0. The highest BCUT2D eigenvalue weighted by Gasteiger charge is 2.23. The Bertz CT molecular complexity index is 295. The summed E-state index contributed by atoms with van der Waals surface area (Å²) in [6, 6.07) is 0. The second-order valence-corrected chi connectivity index (χ2v) is 3.76. The minimum Gasteiger partial charge on any atom is -0.390 e. The van der Waals surface area contributed by atoms with E-state index in [2.05, 4.69) is 9.97 Å². The molecule has 1 N–H and O–H groups in total. The van der Waals surface area contributed by atoms with Gasteiger partial charge in [-0.1, -0.05) is 13.8 Å². The standard InChI is InChI=1S/C11H18N2O/c1-4-11(14,5-2)6-10-8-12-7-9(3)13-10/h7-8,14H,4-6H2,1-3H3. The van der Waals surface area contributed by atoms with Crippen molar-refractivity contribution in [2.75, 3.05) is 0 Å². The van der Waals surface area contributed by atoms with Crippen LogP contribution in [0.3, 0.4) is 0 Å². The highest BCUT2D eigenvalue weighted by molar-refractivity contribution is 5.04. The molecular weight excluding hydrogens is 176 g/mol. The first-order valence-corrected chi connectivity index (χ1v) is 5.09. The van der Waals surface area contributed by atoms with Gasteiger partial charge in [-0.3, -0.25) is 9.97 Å². The van der Waals surface area contributed by atoms with E-state index in [0.29, 0.717) is 6.42 Å². The molecule has 1 aromatic rings. The van der Waals surface area contributed by atoms with Gasteiger partial charge in [0.25, 0.3) is 0 Å². The molecule has 1 rings (SSSR count). The maximum absolute atomic E-state index is 10.1. The Balaban J connectivity index is 2.77. The SMILES string of the molecule is CCC(O)(CC)Cc1cncc(C)n1. The third-order valence-electron chi connectivity index (χ3n) is 2.63. The van der Waals surface area contributed by atoms with Gasteiger partial charge in [0.15, 0.2) is 0 Å². The van der Waals surface area contributed by atoms with E-state index in [9.17, 15) is 5.11 Å². The summed E-state index contributed by atoms with van der Waals surface area (Å²) in [5.41, 5.74) is 1.15. The molecule has 0 aromatic carbocycles. The number of nitrogens with zero attached hydrogens (tertiary/aromatic N) is 2. The first-order valence-electron chi connectivity index (χ1n) is 5.09. The molecule has 0 atom stereocenters. The van der Waals surface area contributed by atoms with Crippen molar-refractivity contribution in [3.63, 3.8) is 0 Å². The summed E-state index contributed by atoms with van der Waals surface area (Å²) >= 11 is 0. The number of hydrogen-bond acceptors (Lipinski definition) is 3. The number of aliphatic hydroxyl groups is 1. The largest absolute Gasteiger partial charge is 0.390 e. The lowest BCUT2D eigenvalue weighted by Crippen LogP contribution is -2.30. The van der Waals surface area contributed by atoms with Gasteiger partial charge in [0, 0.05) is 18.8 Å². The first-order chi connectivity index (χ1) is 6.59. The fourth-order valence-corrected chi connectivity index (χ4v) is 1.44. The van der Waals surface area contributed by atoms with E-state index in [1.54, 1.807) is 12.4 Å². The van der Waals surface area contributed by atoms with Gasteiger partial charge in [0.1, 0.15) is 0 Å². The van der Waals surface area contributed by atoms with Crippen molar-refractivity contribution in [2.45, 2.75) is 45.6 Å². The van der Waals surface area contributed by atoms with E-state index in [4.69, 9.17) is 0 Å². The monoisotopic (exact) mass is 194 g/mol. The van der Waals surface area contributed by atoms with Gasteiger partial charge >= 0.3 is 0 Å². The van der Waals surface area contributed by atoms with Gasteiger partial charge in [-0.15, -0.1) is 0 Å². The maximum Gasteiger partial charge on any atom is 0.0698 e. The van der Waals surface area contributed by atoms with Crippen LogP contribution >= 0.6 is 0 Å². The molecule has 0 saturated heterocycles. The molecule has 0 fully saturated rings. The lowest BCUT2D eigenvalue weighted by atomic mass is 9.92. The van der Waals surface area contributed by atoms with Crippen LogP contribution in [-0.2, 0) is 6.42 Å². The van der Waals surface area contributed by atoms with Gasteiger partial charge < -0.3 is 5.11 Å². The number of rotatable bonds is 4. The second kappa shape index (κ2) is 4.51. The van der Waals surface area contributed by atoms with Crippen LogP contribution in [0.2, 0.25) is 0 Å². The van der Waals surface area contributed by atoms with Crippen LogP contribution in [0.4, 0.5) is 0 Å². The summed E-state index contributed by atoms with van der Waals surface area (Å²) in [5.74, 6) is 0. The molecule has 0 aliphatic heterocycles. The topological polar surface area (TPSA) is 46.0 Å². The zero-order valence-corrected chi connectivity index (χ0v) is 9.12. The summed E-state index contributed by atoms with van der Waals surface area (Å²) in [5, 5.41) is 10.1. The highest BCUT2D eigenvalue weighted by Crippen LogP contribution is 2.19. The molecule has 0 unspecified atom stereocenters. The Morgan fingerprint density at radius 3 is 2.43 bits per heavy atom. The third-order valence-corrected chi connectivity index (χ3v) is 2.63. The van der Waals surface area contributed by atoms with Crippen molar-refractivity contribution >= 4 is 0 Å². The summed E-state index contributed by atoms with van der Waals surface area (Å²) in [4.78, 5) is 8.39. The lowest BCUT2D eigenvalue weighted by molar-refractivity contribution is 0.0316. The van der Waals surface area contributed by atoms with E-state index < -0.39 is 5.60 Å². The minimum absolute atomic E-state index is 0.592. The van der Waals surface area contributed by atoms with Crippen LogP contribution in [-0.4, -0.2) is 20.7 Å². The minimum atomic E-state index is -0.623. The Morgan fingerprint density at radius 2 is 1.93 bits per heavy atom. The molecule has 1 heterocycles. The number of aromatic nitrogens is 2. The van der Waals surface area contributed by atoms with Crippen LogP contribution in [0.25, 0.3) is 0 Å². The van der Waals surface area contributed by atoms with Crippen LogP contribution < -0.4 is 0 Å². The molecule has 3 heteroatoms. The first kappa shape index (κ1) is 11.1. The highest BCUT2D eigenvalue weighted by atomic mass is 16.3. The van der Waals surface area contributed by atoms with E-state index in [0.717, 1.165) is 24.2 Å². The van der Waals surface area contributed by atoms with Crippen LogP contribution in [0.1, 0.15) is 38.1 Å². The Labute approximate surface area is 85.2 Å². The van der Waals surface area contributed by atoms with Crippen molar-refractivity contribution in [3.05, 3.63) is 23.8 Å². The zero-order valence-electron chi connectivity index (χ0n) is 9.12. The van der Waals surface area contributed by atoms with Gasteiger partial charge in [0.2, 0.25) is 0 Å². The van der Waals surface area contributed by atoms with Crippen molar-refractivity contribution < 1.29 is 5.11 Å². The second-order valence-electron chi connectivity index (χ2n) is 3.76. The predicted molar refractivity (Wildman–Crippen MR) is 56.0 cm³/mol. The Hall–Kier alpha value is -0.960. The van der Waals surface area contributed by atoms with E-state index in [1.807, 2.05) is 20.8 Å². The van der Waals surface area contributed by atoms with Crippen LogP contribution in [0.15, 0.2) is 12.4 Å². The predicted octanol–water partition coefficient (Wildman–Crippen LogP) is 1.88. The van der Waals surface area contributed by atoms with E-state index in [-0.39, 0.29) is 0 Å². The normalized spacial score (nSPS) is 11.7. The number of hydrogen-bond donors (Lipinski definition) is 1. The van der Waals surface area contributed by atoms with E-state index >= 15 is 0 Å². The smallest absolute Gasteiger partial charge is 0.0698 e. The van der Waals surface area contributed by atoms with Crippen LogP contribution in [0, 0.1) is 6.92 Å². The van der Waals surface area contributed by atoms with Crippen molar-refractivity contribution in [3.8, 4) is 0 Å². The fourth-order valence-electron chi connectivity index (χ4n) is 1.44. The third kappa shape index (κ3) is 2.77. The average molecular weight is 194 g/mol. The molecule has 0 bridgehead atoms. The van der Waals surface area contributed by atoms with E-state index in [1.165, 1.54) is 0 Å². The van der Waals surface area contributed by atoms with Crippen LogP contribution in [0.5, 0.6) is 0 Å². The Morgan fingerprint density at radius 1 is 1.29 bits per heavy atom. The molecule has 0 saturated carbocycles. The van der Waals surface area contributed by atoms with Gasteiger partial charge in [-0.2, -0.15) is 0 Å². The lowest BCUT2D eigenvalue weighted by Gasteiger charge is -2.24. The summed E-state index contributed by atoms with van der Waals surface area (Å²) < 4.78 is 0. The summed E-state index contributed by atoms with van der Waals surface area (Å²) in [6.07, 6.45) is 5.54. The molecule has 0 spiro atoms. The van der Waals surface area contributed by atoms with Gasteiger partial charge in [0.05, 0.1) is 17.0 Å². The molecule has 0 amide bonds. The van der Waals surface area contributed by atoms with Crippen molar-refractivity contribution in [1.29, 1.82) is 0 Å². The maximum atomic E-state index is 10.1. The van der Waals surface area contributed by atoms with Crippen molar-refractivity contribution in [1.82, 2.24) is 9.97 Å². The molecule has 3 nitrogen and oxygen atoms in total. The molecule has 0 aliphatic carbocycles. The molecule has 1 aromatic heterocycles. The molecule has 0 aliphatic rings. The molecule has 14 heavy (non-hydrogen) atoms. The van der Waals surface area contributed by atoms with Gasteiger partial charge in [-0.25, -0.2) is 0 Å². The fraction of sp³-hybridized carbons (Fsp3) is 0.636. The van der Waals surface area contributed by atoms with Gasteiger partial charge in [-0.05, 0) is 19.8 Å².